The first-order chi connectivity index (χ1) is 9.28. The van der Waals surface area contributed by atoms with Gasteiger partial charge in [-0.1, -0.05) is 0 Å². The normalized spacial score (nSPS) is 17.8. The van der Waals surface area contributed by atoms with Crippen LogP contribution < -0.4 is 10.5 Å². The number of aryl methyl sites for hydroxylation is 2. The van der Waals surface area contributed by atoms with Crippen LogP contribution in [0, 0.1) is 0 Å². The summed E-state index contributed by atoms with van der Waals surface area (Å²) in [4.78, 5) is 7.03. The lowest BCUT2D eigenvalue weighted by Crippen LogP contribution is -2.26. The minimum atomic E-state index is 0.508. The van der Waals surface area contributed by atoms with Gasteiger partial charge in [0.1, 0.15) is 6.61 Å². The van der Waals surface area contributed by atoms with Gasteiger partial charge < -0.3 is 15.4 Å². The molecule has 2 aliphatic rings. The third-order valence-electron chi connectivity index (χ3n) is 4.16. The van der Waals surface area contributed by atoms with E-state index in [2.05, 4.69) is 23.0 Å². The van der Waals surface area contributed by atoms with Crippen molar-refractivity contribution in [2.45, 2.75) is 44.7 Å². The number of hydrogen-bond donors (Lipinski definition) is 1. The first-order valence-electron chi connectivity index (χ1n) is 7.32. The summed E-state index contributed by atoms with van der Waals surface area (Å²) in [6.45, 7) is 2.17. The summed E-state index contributed by atoms with van der Waals surface area (Å²) in [5.41, 5.74) is 9.43. The molecule has 1 heterocycles. The molecule has 2 N–H and O–H groups in total. The highest BCUT2D eigenvalue weighted by molar-refractivity contribution is 5.36. The summed E-state index contributed by atoms with van der Waals surface area (Å²) in [5.74, 6) is 0.757. The Labute approximate surface area is 115 Å². The molecule has 19 heavy (non-hydrogen) atoms. The van der Waals surface area contributed by atoms with E-state index < -0.39 is 0 Å². The highest BCUT2D eigenvalue weighted by Crippen LogP contribution is 2.27. The number of nitrogens with two attached hydrogens (primary N) is 1. The van der Waals surface area contributed by atoms with E-state index in [0.717, 1.165) is 36.9 Å². The van der Waals surface area contributed by atoms with E-state index in [1.807, 2.05) is 0 Å². The second kappa shape index (κ2) is 5.47. The van der Waals surface area contributed by atoms with Crippen molar-refractivity contribution < 1.29 is 4.74 Å². The average Bonchev–Trinajstić information content (AvgIpc) is 3.17. The third kappa shape index (κ3) is 2.90. The molecule has 4 heteroatoms. The van der Waals surface area contributed by atoms with Crippen LogP contribution in [0.1, 0.15) is 36.1 Å². The van der Waals surface area contributed by atoms with Crippen LogP contribution in [0.15, 0.2) is 6.07 Å². The van der Waals surface area contributed by atoms with Gasteiger partial charge in [0.2, 0.25) is 5.88 Å². The molecular formula is C15H23N3O. The van der Waals surface area contributed by atoms with Gasteiger partial charge in [0.05, 0.1) is 0 Å². The minimum absolute atomic E-state index is 0.508. The summed E-state index contributed by atoms with van der Waals surface area (Å²) in [5, 5.41) is 0. The Bertz CT molecular complexity index is 457. The number of fused-ring (bicyclic) bond motifs is 1. The Morgan fingerprint density at radius 1 is 1.42 bits per heavy atom. The summed E-state index contributed by atoms with van der Waals surface area (Å²) in [7, 11) is 2.17. The molecule has 1 aromatic heterocycles. The maximum Gasteiger partial charge on any atom is 0.218 e. The SMILES string of the molecule is CN(CCOc1nc2c(cc1CN)CCC2)C1CC1. The molecule has 104 valence electrons. The maximum absolute atomic E-state index is 5.87. The van der Waals surface area contributed by atoms with Crippen LogP contribution in [0.4, 0.5) is 0 Å². The van der Waals surface area contributed by atoms with E-state index >= 15 is 0 Å². The predicted octanol–water partition coefficient (Wildman–Crippen LogP) is 1.50. The molecule has 1 saturated carbocycles. The summed E-state index contributed by atoms with van der Waals surface area (Å²) < 4.78 is 5.87. The first-order valence-corrected chi connectivity index (χ1v) is 7.32. The Kier molecular flexibility index (Phi) is 3.71. The van der Waals surface area contributed by atoms with Gasteiger partial charge in [-0.2, -0.15) is 0 Å². The Morgan fingerprint density at radius 3 is 3.00 bits per heavy atom. The van der Waals surface area contributed by atoms with Crippen molar-refractivity contribution >= 4 is 0 Å². The molecule has 0 saturated heterocycles. The van der Waals surface area contributed by atoms with Crippen molar-refractivity contribution in [1.82, 2.24) is 9.88 Å². The molecule has 0 aromatic carbocycles. The number of nitrogens with zero attached hydrogens (tertiary/aromatic N) is 2. The first kappa shape index (κ1) is 12.9. The monoisotopic (exact) mass is 261 g/mol. The van der Waals surface area contributed by atoms with Crippen LogP contribution >= 0.6 is 0 Å². The zero-order valence-corrected chi connectivity index (χ0v) is 11.7. The van der Waals surface area contributed by atoms with Crippen molar-refractivity contribution in [3.8, 4) is 5.88 Å². The summed E-state index contributed by atoms with van der Waals surface area (Å²) in [6.07, 6.45) is 6.10. The van der Waals surface area contributed by atoms with E-state index in [9.17, 15) is 0 Å². The van der Waals surface area contributed by atoms with Gasteiger partial charge in [0.25, 0.3) is 0 Å². The fourth-order valence-electron chi connectivity index (χ4n) is 2.76. The lowest BCUT2D eigenvalue weighted by atomic mass is 10.1. The van der Waals surface area contributed by atoms with Crippen molar-refractivity contribution in [2.75, 3.05) is 20.2 Å². The van der Waals surface area contributed by atoms with E-state index in [4.69, 9.17) is 10.5 Å². The van der Waals surface area contributed by atoms with Gasteiger partial charge in [-0.25, -0.2) is 4.98 Å². The summed E-state index contributed by atoms with van der Waals surface area (Å²) >= 11 is 0. The largest absolute Gasteiger partial charge is 0.476 e. The maximum atomic E-state index is 5.87. The number of ether oxygens (including phenoxy) is 1. The van der Waals surface area contributed by atoms with Gasteiger partial charge in [0.15, 0.2) is 0 Å². The van der Waals surface area contributed by atoms with Crippen LogP contribution in [0.3, 0.4) is 0 Å². The Balaban J connectivity index is 1.62. The van der Waals surface area contributed by atoms with Crippen LogP contribution in [-0.4, -0.2) is 36.1 Å². The predicted molar refractivity (Wildman–Crippen MR) is 75.3 cm³/mol. The fourth-order valence-corrected chi connectivity index (χ4v) is 2.76. The molecule has 1 fully saturated rings. The average molecular weight is 261 g/mol. The third-order valence-corrected chi connectivity index (χ3v) is 4.16. The lowest BCUT2D eigenvalue weighted by molar-refractivity contribution is 0.224. The second-order valence-electron chi connectivity index (χ2n) is 5.68. The Hall–Kier alpha value is -1.13. The molecular weight excluding hydrogens is 238 g/mol. The molecule has 0 atom stereocenters. The van der Waals surface area contributed by atoms with Gasteiger partial charge in [-0.15, -0.1) is 0 Å². The van der Waals surface area contributed by atoms with Crippen LogP contribution in [0.5, 0.6) is 5.88 Å². The van der Waals surface area contributed by atoms with Gasteiger partial charge in [0, 0.05) is 30.4 Å². The van der Waals surface area contributed by atoms with Crippen LogP contribution in [-0.2, 0) is 19.4 Å². The van der Waals surface area contributed by atoms with Crippen molar-refractivity contribution in [1.29, 1.82) is 0 Å². The van der Waals surface area contributed by atoms with Crippen molar-refractivity contribution in [2.24, 2.45) is 5.73 Å². The molecule has 1 aromatic rings. The fraction of sp³-hybridized carbons (Fsp3) is 0.667. The molecule has 4 nitrogen and oxygen atoms in total. The number of rotatable bonds is 6. The number of hydrogen-bond acceptors (Lipinski definition) is 4. The lowest BCUT2D eigenvalue weighted by Gasteiger charge is -2.17. The topological polar surface area (TPSA) is 51.4 Å². The van der Waals surface area contributed by atoms with Crippen LogP contribution in [0.2, 0.25) is 0 Å². The quantitative estimate of drug-likeness (QED) is 0.843. The highest BCUT2D eigenvalue weighted by atomic mass is 16.5. The van der Waals surface area contributed by atoms with Gasteiger partial charge in [-0.05, 0) is 50.8 Å². The highest BCUT2D eigenvalue weighted by Gasteiger charge is 2.25. The van der Waals surface area contributed by atoms with E-state index in [-0.39, 0.29) is 0 Å². The summed E-state index contributed by atoms with van der Waals surface area (Å²) in [6, 6.07) is 2.97. The van der Waals surface area contributed by atoms with E-state index in [0.29, 0.717) is 13.2 Å². The van der Waals surface area contributed by atoms with E-state index in [1.54, 1.807) is 0 Å². The Morgan fingerprint density at radius 2 is 2.26 bits per heavy atom. The standard InChI is InChI=1S/C15H23N3O/c1-18(13-5-6-13)7-8-19-15-12(10-16)9-11-3-2-4-14(11)17-15/h9,13H,2-8,10,16H2,1H3. The molecule has 0 radical (unpaired) electrons. The zero-order chi connectivity index (χ0) is 13.2. The van der Waals surface area contributed by atoms with Gasteiger partial charge in [-0.3, -0.25) is 0 Å². The number of pyridine rings is 1. The molecule has 0 bridgehead atoms. The molecule has 0 aliphatic heterocycles. The minimum Gasteiger partial charge on any atom is -0.476 e. The van der Waals surface area contributed by atoms with Crippen molar-refractivity contribution in [3.05, 3.63) is 22.9 Å². The second-order valence-corrected chi connectivity index (χ2v) is 5.68. The molecule has 0 amide bonds. The van der Waals surface area contributed by atoms with Gasteiger partial charge >= 0.3 is 0 Å². The van der Waals surface area contributed by atoms with Crippen molar-refractivity contribution in [3.63, 3.8) is 0 Å². The zero-order valence-electron chi connectivity index (χ0n) is 11.7. The van der Waals surface area contributed by atoms with Crippen LogP contribution in [0.25, 0.3) is 0 Å². The number of likely N-dealkylation sites (N-methyl/N-ethyl adjacent to an activating group) is 1. The molecule has 3 rings (SSSR count). The molecule has 0 unspecified atom stereocenters. The molecule has 0 spiro atoms. The smallest absolute Gasteiger partial charge is 0.218 e. The number of aromatic nitrogens is 1. The van der Waals surface area contributed by atoms with E-state index in [1.165, 1.54) is 30.5 Å². The molecule has 2 aliphatic carbocycles.